The number of nitrogens with zero attached hydrogens (tertiary/aromatic N) is 2. The monoisotopic (exact) mass is 457 g/mol. The summed E-state index contributed by atoms with van der Waals surface area (Å²) in [5.74, 6) is 0.912. The Labute approximate surface area is 190 Å². The standard InChI is InChI=1S/C23H24ClN3O3S/c1-2-29-23(28)21-22(26-27-25-21)31-18-11-12-19(16-7-9-17(24)10-8-16)20(13-18)30-14-15-5-3-4-6-15/h7-13,15H,2-6,14H2,1H3,(H,25,26,27). The smallest absolute Gasteiger partial charge is 0.361 e. The van der Waals surface area contributed by atoms with E-state index in [0.717, 1.165) is 21.8 Å². The van der Waals surface area contributed by atoms with Crippen LogP contribution in [0, 0.1) is 5.92 Å². The number of aromatic amines is 1. The molecule has 2 aromatic carbocycles. The highest BCUT2D eigenvalue weighted by Gasteiger charge is 2.20. The predicted octanol–water partition coefficient (Wildman–Crippen LogP) is 6.02. The maximum absolute atomic E-state index is 12.1. The molecular weight excluding hydrogens is 434 g/mol. The van der Waals surface area contributed by atoms with Crippen LogP contribution >= 0.6 is 23.4 Å². The van der Waals surface area contributed by atoms with E-state index in [4.69, 9.17) is 21.1 Å². The van der Waals surface area contributed by atoms with Gasteiger partial charge in [0.25, 0.3) is 0 Å². The lowest BCUT2D eigenvalue weighted by atomic mass is 10.0. The van der Waals surface area contributed by atoms with Crippen molar-refractivity contribution >= 4 is 29.3 Å². The van der Waals surface area contributed by atoms with Gasteiger partial charge >= 0.3 is 5.97 Å². The summed E-state index contributed by atoms with van der Waals surface area (Å²) in [4.78, 5) is 13.0. The largest absolute Gasteiger partial charge is 0.493 e. The molecule has 3 aromatic rings. The Morgan fingerprint density at radius 1 is 1.16 bits per heavy atom. The third-order valence-corrected chi connectivity index (χ3v) is 6.48. The fourth-order valence-electron chi connectivity index (χ4n) is 3.67. The maximum Gasteiger partial charge on any atom is 0.361 e. The van der Waals surface area contributed by atoms with E-state index in [1.54, 1.807) is 6.92 Å². The van der Waals surface area contributed by atoms with Crippen LogP contribution in [0.25, 0.3) is 11.1 Å². The quantitative estimate of drug-likeness (QED) is 0.416. The summed E-state index contributed by atoms with van der Waals surface area (Å²) in [6.45, 7) is 2.74. The molecule has 162 valence electrons. The van der Waals surface area contributed by atoms with E-state index in [9.17, 15) is 4.79 Å². The van der Waals surface area contributed by atoms with Crippen LogP contribution in [-0.2, 0) is 4.74 Å². The van der Waals surface area contributed by atoms with E-state index in [2.05, 4.69) is 15.4 Å². The number of aromatic nitrogens is 3. The number of H-pyrrole nitrogens is 1. The number of rotatable bonds is 8. The Morgan fingerprint density at radius 3 is 2.68 bits per heavy atom. The Morgan fingerprint density at radius 2 is 1.94 bits per heavy atom. The van der Waals surface area contributed by atoms with Crippen LogP contribution in [0.2, 0.25) is 5.02 Å². The van der Waals surface area contributed by atoms with Crippen molar-refractivity contribution < 1.29 is 14.3 Å². The van der Waals surface area contributed by atoms with Gasteiger partial charge in [0.1, 0.15) is 5.75 Å². The first kappa shape index (κ1) is 21.7. The summed E-state index contributed by atoms with van der Waals surface area (Å²) in [6, 6.07) is 13.7. The van der Waals surface area contributed by atoms with Crippen LogP contribution in [0.1, 0.15) is 43.1 Å². The van der Waals surface area contributed by atoms with Gasteiger partial charge in [0, 0.05) is 15.5 Å². The molecule has 1 heterocycles. The molecule has 0 bridgehead atoms. The van der Waals surface area contributed by atoms with Crippen LogP contribution in [0.3, 0.4) is 0 Å². The molecule has 1 saturated carbocycles. The van der Waals surface area contributed by atoms with Gasteiger partial charge in [0.2, 0.25) is 5.69 Å². The van der Waals surface area contributed by atoms with Crippen molar-refractivity contribution in [3.8, 4) is 16.9 Å². The summed E-state index contributed by atoms with van der Waals surface area (Å²) in [5, 5.41) is 11.7. The van der Waals surface area contributed by atoms with E-state index < -0.39 is 5.97 Å². The highest BCUT2D eigenvalue weighted by molar-refractivity contribution is 7.99. The van der Waals surface area contributed by atoms with E-state index in [1.165, 1.54) is 37.4 Å². The van der Waals surface area contributed by atoms with Crippen LogP contribution < -0.4 is 4.74 Å². The number of hydrogen-bond acceptors (Lipinski definition) is 6. The zero-order valence-electron chi connectivity index (χ0n) is 17.3. The second kappa shape index (κ2) is 10.2. The predicted molar refractivity (Wildman–Crippen MR) is 121 cm³/mol. The average molecular weight is 458 g/mol. The van der Waals surface area contributed by atoms with Gasteiger partial charge in [-0.1, -0.05) is 48.3 Å². The minimum atomic E-state index is -0.491. The molecule has 1 aliphatic carbocycles. The number of halogens is 1. The normalized spacial score (nSPS) is 14.0. The average Bonchev–Trinajstić information content (AvgIpc) is 3.45. The van der Waals surface area contributed by atoms with Crippen molar-refractivity contribution in [1.82, 2.24) is 15.4 Å². The van der Waals surface area contributed by atoms with E-state index in [0.29, 0.717) is 22.6 Å². The van der Waals surface area contributed by atoms with Crippen molar-refractivity contribution in [2.75, 3.05) is 13.2 Å². The minimum Gasteiger partial charge on any atom is -0.493 e. The number of nitrogens with one attached hydrogen (secondary N) is 1. The van der Waals surface area contributed by atoms with Crippen molar-refractivity contribution in [3.63, 3.8) is 0 Å². The molecule has 8 heteroatoms. The molecule has 0 atom stereocenters. The third kappa shape index (κ3) is 5.40. The van der Waals surface area contributed by atoms with E-state index >= 15 is 0 Å². The SMILES string of the molecule is CCOC(=O)c1n[nH]nc1Sc1ccc(-c2ccc(Cl)cc2)c(OCC2CCCC2)c1. The van der Waals surface area contributed by atoms with E-state index in [-0.39, 0.29) is 12.3 Å². The third-order valence-electron chi connectivity index (χ3n) is 5.26. The molecule has 31 heavy (non-hydrogen) atoms. The fourth-order valence-corrected chi connectivity index (χ4v) is 4.64. The lowest BCUT2D eigenvalue weighted by molar-refractivity contribution is 0.0515. The Balaban J connectivity index is 1.60. The van der Waals surface area contributed by atoms with Crippen LogP contribution in [0.4, 0.5) is 0 Å². The van der Waals surface area contributed by atoms with Gasteiger partial charge in [-0.25, -0.2) is 4.79 Å². The summed E-state index contributed by atoms with van der Waals surface area (Å²) in [7, 11) is 0. The Hall–Kier alpha value is -2.51. The Bertz CT molecular complexity index is 1030. The number of carbonyl (C=O) groups excluding carboxylic acids is 1. The van der Waals surface area contributed by atoms with Crippen molar-refractivity contribution in [2.24, 2.45) is 5.92 Å². The zero-order chi connectivity index (χ0) is 21.6. The van der Waals surface area contributed by atoms with Gasteiger partial charge in [0.05, 0.1) is 13.2 Å². The van der Waals surface area contributed by atoms with Gasteiger partial charge in [-0.2, -0.15) is 5.21 Å². The van der Waals surface area contributed by atoms with Gasteiger partial charge in [-0.3, -0.25) is 0 Å². The first-order chi connectivity index (χ1) is 15.1. The summed E-state index contributed by atoms with van der Waals surface area (Å²) >= 11 is 7.41. The summed E-state index contributed by atoms with van der Waals surface area (Å²) in [5.41, 5.74) is 2.22. The maximum atomic E-state index is 12.1. The molecule has 0 radical (unpaired) electrons. The zero-order valence-corrected chi connectivity index (χ0v) is 18.8. The number of carbonyl (C=O) groups is 1. The second-order valence-electron chi connectivity index (χ2n) is 7.43. The molecule has 1 aliphatic rings. The summed E-state index contributed by atoms with van der Waals surface area (Å²) < 4.78 is 11.4. The molecule has 0 spiro atoms. The van der Waals surface area contributed by atoms with E-state index in [1.807, 2.05) is 42.5 Å². The van der Waals surface area contributed by atoms with Crippen LogP contribution in [-0.4, -0.2) is 34.6 Å². The van der Waals surface area contributed by atoms with Crippen molar-refractivity contribution in [2.45, 2.75) is 42.5 Å². The van der Waals surface area contributed by atoms with Crippen molar-refractivity contribution in [3.05, 3.63) is 53.2 Å². The molecular formula is C23H24ClN3O3S. The molecule has 0 unspecified atom stereocenters. The lowest BCUT2D eigenvalue weighted by Gasteiger charge is -2.16. The highest BCUT2D eigenvalue weighted by atomic mass is 35.5. The van der Waals surface area contributed by atoms with Gasteiger partial charge in [-0.05, 0) is 61.6 Å². The number of ether oxygens (including phenoxy) is 2. The number of hydrogen-bond donors (Lipinski definition) is 1. The molecule has 4 rings (SSSR count). The topological polar surface area (TPSA) is 77.1 Å². The number of benzene rings is 2. The first-order valence-electron chi connectivity index (χ1n) is 10.4. The summed E-state index contributed by atoms with van der Waals surface area (Å²) in [6.07, 6.45) is 4.98. The molecule has 6 nitrogen and oxygen atoms in total. The van der Waals surface area contributed by atoms with Gasteiger partial charge < -0.3 is 9.47 Å². The van der Waals surface area contributed by atoms with Gasteiger partial charge in [0.15, 0.2) is 5.03 Å². The minimum absolute atomic E-state index is 0.182. The number of esters is 1. The van der Waals surface area contributed by atoms with Gasteiger partial charge in [-0.15, -0.1) is 10.2 Å². The lowest BCUT2D eigenvalue weighted by Crippen LogP contribution is -2.08. The first-order valence-corrected chi connectivity index (χ1v) is 11.6. The molecule has 0 amide bonds. The Kier molecular flexibility index (Phi) is 7.14. The van der Waals surface area contributed by atoms with Crippen molar-refractivity contribution in [1.29, 1.82) is 0 Å². The molecule has 1 fully saturated rings. The van der Waals surface area contributed by atoms with Crippen LogP contribution in [0.15, 0.2) is 52.4 Å². The molecule has 1 aromatic heterocycles. The highest BCUT2D eigenvalue weighted by Crippen LogP contribution is 2.38. The molecule has 0 aliphatic heterocycles. The van der Waals surface area contributed by atoms with Crippen LogP contribution in [0.5, 0.6) is 5.75 Å². The molecule has 0 saturated heterocycles. The fraction of sp³-hybridized carbons (Fsp3) is 0.348. The second-order valence-corrected chi connectivity index (χ2v) is 8.92. The molecule has 1 N–H and O–H groups in total.